The van der Waals surface area contributed by atoms with Crippen LogP contribution < -0.4 is 10.6 Å². The Morgan fingerprint density at radius 3 is 2.93 bits per heavy atom. The third-order valence-electron chi connectivity index (χ3n) is 4.10. The molecule has 0 fully saturated rings. The normalized spacial score (nSPS) is 13.0. The fraction of sp³-hybridized carbons (Fsp3) is 0.105. The maximum Gasteiger partial charge on any atom is 0.256 e. The molecule has 4 rings (SSSR count). The number of thioether (sulfide) groups is 1. The quantitative estimate of drug-likeness (QED) is 0.695. The van der Waals surface area contributed by atoms with Gasteiger partial charge in [-0.05, 0) is 37.3 Å². The van der Waals surface area contributed by atoms with Crippen molar-refractivity contribution < 1.29 is 9.59 Å². The molecule has 1 aliphatic rings. The van der Waals surface area contributed by atoms with Crippen LogP contribution in [0.25, 0.3) is 5.69 Å². The molecule has 2 amide bonds. The molecule has 0 unspecified atom stereocenters. The second-order valence-corrected chi connectivity index (χ2v) is 7.48. The maximum atomic E-state index is 12.6. The van der Waals surface area contributed by atoms with E-state index in [4.69, 9.17) is 11.6 Å². The number of benzene rings is 2. The number of rotatable bonds is 3. The number of hydrogen-bond donors (Lipinski definition) is 2. The van der Waals surface area contributed by atoms with E-state index >= 15 is 0 Å². The summed E-state index contributed by atoms with van der Waals surface area (Å²) in [5.74, 6) is 0.475. The van der Waals surface area contributed by atoms with Crippen LogP contribution in [0.15, 0.2) is 53.6 Å². The molecule has 3 aromatic rings. The third-order valence-corrected chi connectivity index (χ3v) is 5.50. The smallest absolute Gasteiger partial charge is 0.256 e. The minimum absolute atomic E-state index is 0.0700. The summed E-state index contributed by atoms with van der Waals surface area (Å²) in [6.45, 7) is 1.86. The van der Waals surface area contributed by atoms with Gasteiger partial charge in [0.15, 0.2) is 5.82 Å². The van der Waals surface area contributed by atoms with E-state index in [1.807, 2.05) is 31.2 Å². The van der Waals surface area contributed by atoms with Gasteiger partial charge in [0.1, 0.15) is 0 Å². The zero-order valence-electron chi connectivity index (χ0n) is 14.3. The standard InChI is InChI=1S/C19H15ClN4O2S/c1-11-9-24(15-5-3-2-4-13(15)20)23-18(11)22-19(26)12-6-7-16-14(8-12)21-17(25)10-27-16/h2-9H,10H2,1H3,(H,21,25)(H,22,23,26). The van der Waals surface area contributed by atoms with E-state index in [1.165, 1.54) is 11.8 Å². The average Bonchev–Trinajstić information content (AvgIpc) is 3.01. The minimum atomic E-state index is -0.296. The Labute approximate surface area is 164 Å². The number of aromatic nitrogens is 2. The number of fused-ring (bicyclic) bond motifs is 1. The third kappa shape index (κ3) is 3.56. The molecule has 0 saturated carbocycles. The Morgan fingerprint density at radius 2 is 2.11 bits per heavy atom. The molecule has 27 heavy (non-hydrogen) atoms. The summed E-state index contributed by atoms with van der Waals surface area (Å²) in [5, 5.41) is 10.6. The van der Waals surface area contributed by atoms with Crippen LogP contribution in [0.3, 0.4) is 0 Å². The first-order valence-corrected chi connectivity index (χ1v) is 9.57. The number of hydrogen-bond acceptors (Lipinski definition) is 4. The van der Waals surface area contributed by atoms with Gasteiger partial charge in [-0.2, -0.15) is 0 Å². The molecule has 136 valence electrons. The number of para-hydroxylation sites is 1. The van der Waals surface area contributed by atoms with Crippen LogP contribution in [0.1, 0.15) is 15.9 Å². The van der Waals surface area contributed by atoms with Crippen molar-refractivity contribution >= 4 is 46.7 Å². The Balaban J connectivity index is 1.58. The molecule has 2 N–H and O–H groups in total. The molecule has 0 atom stereocenters. The zero-order valence-corrected chi connectivity index (χ0v) is 15.9. The number of carbonyl (C=O) groups excluding carboxylic acids is 2. The van der Waals surface area contributed by atoms with E-state index in [2.05, 4.69) is 15.7 Å². The SMILES string of the molecule is Cc1cn(-c2ccccc2Cl)nc1NC(=O)c1ccc2c(c1)NC(=O)CS2. The number of anilines is 2. The molecule has 1 aliphatic heterocycles. The van der Waals surface area contributed by atoms with Gasteiger partial charge >= 0.3 is 0 Å². The van der Waals surface area contributed by atoms with E-state index in [9.17, 15) is 9.59 Å². The molecule has 1 aromatic heterocycles. The van der Waals surface area contributed by atoms with Crippen molar-refractivity contribution in [1.82, 2.24) is 9.78 Å². The molecular formula is C19H15ClN4O2S. The summed E-state index contributed by atoms with van der Waals surface area (Å²) in [5.41, 5.74) is 2.65. The highest BCUT2D eigenvalue weighted by molar-refractivity contribution is 8.00. The fourth-order valence-electron chi connectivity index (χ4n) is 2.75. The first-order chi connectivity index (χ1) is 13.0. The molecule has 8 heteroatoms. The molecule has 6 nitrogen and oxygen atoms in total. The van der Waals surface area contributed by atoms with E-state index in [0.29, 0.717) is 27.8 Å². The zero-order chi connectivity index (χ0) is 19.0. The highest BCUT2D eigenvalue weighted by Crippen LogP contribution is 2.32. The van der Waals surface area contributed by atoms with Gasteiger partial charge < -0.3 is 10.6 Å². The van der Waals surface area contributed by atoms with Crippen LogP contribution in [-0.2, 0) is 4.79 Å². The first kappa shape index (κ1) is 17.6. The summed E-state index contributed by atoms with van der Waals surface area (Å²) in [6, 6.07) is 12.6. The Kier molecular flexibility index (Phi) is 4.63. The Bertz CT molecular complexity index is 1060. The van der Waals surface area contributed by atoms with Crippen LogP contribution in [0.4, 0.5) is 11.5 Å². The van der Waals surface area contributed by atoms with Gasteiger partial charge in [-0.15, -0.1) is 16.9 Å². The second-order valence-electron chi connectivity index (χ2n) is 6.06. The van der Waals surface area contributed by atoms with Crippen molar-refractivity contribution in [3.05, 3.63) is 64.8 Å². The van der Waals surface area contributed by atoms with Crippen molar-refractivity contribution in [2.75, 3.05) is 16.4 Å². The number of amides is 2. The first-order valence-electron chi connectivity index (χ1n) is 8.20. The van der Waals surface area contributed by atoms with Gasteiger partial charge in [-0.25, -0.2) is 4.68 Å². The molecule has 2 heterocycles. The number of carbonyl (C=O) groups is 2. The van der Waals surface area contributed by atoms with E-state index < -0.39 is 0 Å². The minimum Gasteiger partial charge on any atom is -0.324 e. The van der Waals surface area contributed by atoms with Crippen molar-refractivity contribution in [2.45, 2.75) is 11.8 Å². The predicted octanol–water partition coefficient (Wildman–Crippen LogP) is 4.13. The van der Waals surface area contributed by atoms with Gasteiger partial charge in [0.2, 0.25) is 5.91 Å². The second kappa shape index (κ2) is 7.09. The predicted molar refractivity (Wildman–Crippen MR) is 107 cm³/mol. The van der Waals surface area contributed by atoms with Crippen molar-refractivity contribution in [1.29, 1.82) is 0 Å². The molecule has 2 aromatic carbocycles. The van der Waals surface area contributed by atoms with Crippen molar-refractivity contribution in [3.8, 4) is 5.69 Å². The summed E-state index contributed by atoms with van der Waals surface area (Å²) in [7, 11) is 0. The lowest BCUT2D eigenvalue weighted by Crippen LogP contribution is -2.20. The monoisotopic (exact) mass is 398 g/mol. The highest BCUT2D eigenvalue weighted by atomic mass is 35.5. The lowest BCUT2D eigenvalue weighted by atomic mass is 10.2. The number of nitrogens with zero attached hydrogens (tertiary/aromatic N) is 2. The topological polar surface area (TPSA) is 76.0 Å². The highest BCUT2D eigenvalue weighted by Gasteiger charge is 2.18. The van der Waals surface area contributed by atoms with Gasteiger partial charge in [0, 0.05) is 22.2 Å². The largest absolute Gasteiger partial charge is 0.324 e. The van der Waals surface area contributed by atoms with Crippen LogP contribution in [-0.4, -0.2) is 27.3 Å². The number of nitrogens with one attached hydrogen (secondary N) is 2. The van der Waals surface area contributed by atoms with Gasteiger partial charge in [-0.1, -0.05) is 23.7 Å². The molecular weight excluding hydrogens is 384 g/mol. The van der Waals surface area contributed by atoms with Gasteiger partial charge in [0.25, 0.3) is 5.91 Å². The summed E-state index contributed by atoms with van der Waals surface area (Å²) in [6.07, 6.45) is 1.81. The van der Waals surface area contributed by atoms with Gasteiger partial charge in [0.05, 0.1) is 22.2 Å². The molecule has 0 saturated heterocycles. The molecule has 0 bridgehead atoms. The molecule has 0 spiro atoms. The summed E-state index contributed by atoms with van der Waals surface area (Å²) in [4.78, 5) is 25.1. The maximum absolute atomic E-state index is 12.6. The lowest BCUT2D eigenvalue weighted by molar-refractivity contribution is -0.113. The van der Waals surface area contributed by atoms with E-state index in [1.54, 1.807) is 29.1 Å². The Morgan fingerprint density at radius 1 is 1.30 bits per heavy atom. The average molecular weight is 399 g/mol. The van der Waals surface area contributed by atoms with E-state index in [-0.39, 0.29) is 11.8 Å². The fourth-order valence-corrected chi connectivity index (χ4v) is 3.76. The lowest BCUT2D eigenvalue weighted by Gasteiger charge is -2.16. The summed E-state index contributed by atoms with van der Waals surface area (Å²) < 4.78 is 1.64. The van der Waals surface area contributed by atoms with Crippen LogP contribution in [0, 0.1) is 6.92 Å². The van der Waals surface area contributed by atoms with Crippen molar-refractivity contribution in [3.63, 3.8) is 0 Å². The van der Waals surface area contributed by atoms with E-state index in [0.717, 1.165) is 16.1 Å². The van der Waals surface area contributed by atoms with Crippen LogP contribution in [0.5, 0.6) is 0 Å². The van der Waals surface area contributed by atoms with Crippen LogP contribution >= 0.6 is 23.4 Å². The molecule has 0 aliphatic carbocycles. The molecule has 0 radical (unpaired) electrons. The summed E-state index contributed by atoms with van der Waals surface area (Å²) >= 11 is 7.67. The number of aryl methyl sites for hydroxylation is 1. The van der Waals surface area contributed by atoms with Crippen LogP contribution in [0.2, 0.25) is 5.02 Å². The Hall–Kier alpha value is -2.77. The number of halogens is 1. The van der Waals surface area contributed by atoms with Crippen molar-refractivity contribution in [2.24, 2.45) is 0 Å². The van der Waals surface area contributed by atoms with Gasteiger partial charge in [-0.3, -0.25) is 9.59 Å².